The zero-order chi connectivity index (χ0) is 14.2. The van der Waals surface area contributed by atoms with Gasteiger partial charge in [0.1, 0.15) is 0 Å². The van der Waals surface area contributed by atoms with Crippen LogP contribution in [0.2, 0.25) is 16.6 Å². The van der Waals surface area contributed by atoms with Gasteiger partial charge in [0.15, 0.2) is 6.90 Å². The Bertz CT molecular complexity index is 254. The fourth-order valence-corrected chi connectivity index (χ4v) is 26.7. The minimum absolute atomic E-state index is 0.184. The Labute approximate surface area is 119 Å². The number of halogens is 2. The van der Waals surface area contributed by atoms with E-state index < -0.39 is 19.2 Å². The van der Waals surface area contributed by atoms with E-state index >= 15 is 0 Å². The fourth-order valence-electron chi connectivity index (χ4n) is 3.13. The molecule has 0 radical (unpaired) electrons. The van der Waals surface area contributed by atoms with Crippen LogP contribution in [0.15, 0.2) is 0 Å². The summed E-state index contributed by atoms with van der Waals surface area (Å²) in [6, 6.07) is 0. The SMILES string of the molecule is CC(C)[Si](Cl)(C(C)C)[Si](O)(C(C)C)C(C)(C)Cl. The maximum Gasteiger partial charge on any atom is 0.216 e. The molecule has 0 spiro atoms. The van der Waals surface area contributed by atoms with Crippen LogP contribution < -0.4 is 0 Å². The molecule has 0 aromatic heterocycles. The summed E-state index contributed by atoms with van der Waals surface area (Å²) in [5.74, 6) is 0. The van der Waals surface area contributed by atoms with Crippen LogP contribution in [0.4, 0.5) is 0 Å². The average molecular weight is 315 g/mol. The Morgan fingerprint density at radius 1 is 0.882 bits per heavy atom. The number of rotatable bonds is 5. The third-order valence-electron chi connectivity index (χ3n) is 4.01. The molecule has 1 unspecified atom stereocenters. The van der Waals surface area contributed by atoms with E-state index in [0.717, 1.165) is 0 Å². The first-order valence-corrected chi connectivity index (χ1v) is 13.0. The van der Waals surface area contributed by atoms with Crippen molar-refractivity contribution in [3.8, 4) is 0 Å². The lowest BCUT2D eigenvalue weighted by atomic mass is 10.5. The monoisotopic (exact) mass is 314 g/mol. The Hall–Kier alpha value is 0.974. The van der Waals surface area contributed by atoms with Crippen LogP contribution in [0, 0.1) is 0 Å². The maximum absolute atomic E-state index is 11.4. The molecule has 0 aliphatic heterocycles. The molecule has 0 aliphatic carbocycles. The third kappa shape index (κ3) is 2.78. The normalized spacial score (nSPS) is 18.0. The van der Waals surface area contributed by atoms with Crippen LogP contribution in [-0.2, 0) is 0 Å². The molecule has 1 nitrogen and oxygen atoms in total. The smallest absolute Gasteiger partial charge is 0.216 e. The summed E-state index contributed by atoms with van der Waals surface area (Å²) in [5, 5.41) is 0. The minimum atomic E-state index is -2.74. The van der Waals surface area contributed by atoms with Crippen molar-refractivity contribution in [2.75, 3.05) is 0 Å². The molecule has 5 heteroatoms. The highest BCUT2D eigenvalue weighted by molar-refractivity contribution is 7.60. The van der Waals surface area contributed by atoms with Crippen molar-refractivity contribution in [3.63, 3.8) is 0 Å². The topological polar surface area (TPSA) is 20.2 Å². The van der Waals surface area contributed by atoms with Gasteiger partial charge in [0, 0.05) is 0 Å². The predicted octanol–water partition coefficient (Wildman–Crippen LogP) is 4.97. The van der Waals surface area contributed by atoms with Crippen molar-refractivity contribution in [2.45, 2.75) is 76.5 Å². The molecule has 1 atom stereocenters. The van der Waals surface area contributed by atoms with E-state index in [4.69, 9.17) is 22.7 Å². The molecule has 104 valence electrons. The second-order valence-electron chi connectivity index (χ2n) is 6.47. The molecule has 1 N–H and O–H groups in total. The van der Waals surface area contributed by atoms with Gasteiger partial charge in [0.25, 0.3) is 0 Å². The Morgan fingerprint density at radius 3 is 1.24 bits per heavy atom. The van der Waals surface area contributed by atoms with Gasteiger partial charge in [-0.3, -0.25) is 0 Å². The zero-order valence-corrected chi connectivity index (χ0v) is 15.9. The summed E-state index contributed by atoms with van der Waals surface area (Å²) in [6.07, 6.45) is 0. The van der Waals surface area contributed by atoms with Gasteiger partial charge in [0.2, 0.25) is 7.83 Å². The molecule has 17 heavy (non-hydrogen) atoms. The second kappa shape index (κ2) is 5.53. The summed E-state index contributed by atoms with van der Waals surface area (Å²) in [7, 11) is -2.74. The summed E-state index contributed by atoms with van der Waals surface area (Å²) in [5.41, 5.74) is 0.853. The van der Waals surface area contributed by atoms with E-state index in [1.54, 1.807) is 0 Å². The first-order chi connectivity index (χ1) is 7.33. The molecule has 0 aliphatic rings. The summed E-state index contributed by atoms with van der Waals surface area (Å²) >= 11 is 13.6. The predicted molar refractivity (Wildman–Crippen MR) is 84.8 cm³/mol. The minimum Gasteiger partial charge on any atom is -0.431 e. The maximum atomic E-state index is 11.4. The largest absolute Gasteiger partial charge is 0.431 e. The van der Waals surface area contributed by atoms with Gasteiger partial charge < -0.3 is 4.80 Å². The summed E-state index contributed by atoms with van der Waals surface area (Å²) < 4.78 is -0.580. The highest BCUT2D eigenvalue weighted by Gasteiger charge is 2.66. The molecular weight excluding hydrogens is 287 g/mol. The standard InChI is InChI=1S/C12H28Cl2OSi2/c1-9(2)16(14,10(3)4)17(15,11(5)6)12(7,8)13/h9-11,15H,1-8H3. The Morgan fingerprint density at radius 2 is 1.18 bits per heavy atom. The Kier molecular flexibility index (Phi) is 5.85. The van der Waals surface area contributed by atoms with E-state index in [2.05, 4.69) is 41.5 Å². The van der Waals surface area contributed by atoms with Crippen LogP contribution in [0.1, 0.15) is 55.4 Å². The number of hydrogen-bond acceptors (Lipinski definition) is 1. The molecule has 0 amide bonds. The van der Waals surface area contributed by atoms with E-state index in [9.17, 15) is 4.80 Å². The second-order valence-corrected chi connectivity index (χ2v) is 23.1. The molecule has 0 bridgehead atoms. The van der Waals surface area contributed by atoms with Crippen LogP contribution >= 0.6 is 22.7 Å². The van der Waals surface area contributed by atoms with E-state index in [0.29, 0.717) is 11.1 Å². The van der Waals surface area contributed by atoms with Gasteiger partial charge in [-0.1, -0.05) is 41.5 Å². The van der Waals surface area contributed by atoms with Crippen LogP contribution in [-0.4, -0.2) is 24.0 Å². The van der Waals surface area contributed by atoms with E-state index in [1.165, 1.54) is 0 Å². The van der Waals surface area contributed by atoms with Crippen LogP contribution in [0.25, 0.3) is 0 Å². The van der Waals surface area contributed by atoms with Crippen molar-refractivity contribution in [1.29, 1.82) is 0 Å². The molecule has 0 aromatic carbocycles. The van der Waals surface area contributed by atoms with E-state index in [1.807, 2.05) is 13.8 Å². The third-order valence-corrected chi connectivity index (χ3v) is 29.1. The van der Waals surface area contributed by atoms with Gasteiger partial charge in [-0.25, -0.2) is 0 Å². The van der Waals surface area contributed by atoms with Gasteiger partial charge in [-0.05, 0) is 30.5 Å². The van der Waals surface area contributed by atoms with Crippen LogP contribution in [0.3, 0.4) is 0 Å². The lowest BCUT2D eigenvalue weighted by molar-refractivity contribution is 0.506. The lowest BCUT2D eigenvalue weighted by Gasteiger charge is -2.52. The average Bonchev–Trinajstić information content (AvgIpc) is 2.12. The number of hydrogen-bond donors (Lipinski definition) is 1. The molecule has 0 fully saturated rings. The number of alkyl halides is 1. The fraction of sp³-hybridized carbons (Fsp3) is 1.00. The van der Waals surface area contributed by atoms with Crippen LogP contribution in [0.5, 0.6) is 0 Å². The van der Waals surface area contributed by atoms with E-state index in [-0.39, 0.29) is 5.54 Å². The molecular formula is C12H28Cl2OSi2. The Balaban J connectivity index is 5.92. The van der Waals surface area contributed by atoms with Crippen molar-refractivity contribution < 1.29 is 4.80 Å². The highest BCUT2D eigenvalue weighted by Crippen LogP contribution is 2.51. The van der Waals surface area contributed by atoms with Crippen molar-refractivity contribution in [2.24, 2.45) is 0 Å². The van der Waals surface area contributed by atoms with Gasteiger partial charge in [-0.2, -0.15) is 11.1 Å². The van der Waals surface area contributed by atoms with Gasteiger partial charge >= 0.3 is 0 Å². The summed E-state index contributed by atoms with van der Waals surface area (Å²) in [4.78, 5) is 11.4. The first-order valence-electron chi connectivity index (χ1n) is 6.43. The van der Waals surface area contributed by atoms with Crippen molar-refractivity contribution in [3.05, 3.63) is 0 Å². The molecule has 0 saturated heterocycles. The summed E-state index contributed by atoms with van der Waals surface area (Å²) in [6.45, 7) is 14.3. The first kappa shape index (κ1) is 18.0. The molecule has 0 heterocycles. The quantitative estimate of drug-likeness (QED) is 0.431. The molecule has 0 rings (SSSR count). The van der Waals surface area contributed by atoms with Gasteiger partial charge in [-0.15, -0.1) is 11.6 Å². The molecule has 0 aromatic rings. The molecule has 0 saturated carbocycles. The highest BCUT2D eigenvalue weighted by atomic mass is 35.6. The van der Waals surface area contributed by atoms with Gasteiger partial charge in [0.05, 0.1) is 4.50 Å². The lowest BCUT2D eigenvalue weighted by Crippen LogP contribution is -2.73. The van der Waals surface area contributed by atoms with Crippen molar-refractivity contribution in [1.82, 2.24) is 0 Å². The van der Waals surface area contributed by atoms with Crippen molar-refractivity contribution >= 4 is 37.4 Å². The zero-order valence-electron chi connectivity index (χ0n) is 12.4.